The molecule has 5 heteroatoms. The molecule has 2 aromatic rings. The van der Waals surface area contributed by atoms with Gasteiger partial charge in [-0.1, -0.05) is 42.0 Å². The first-order chi connectivity index (χ1) is 12.5. The zero-order valence-electron chi connectivity index (χ0n) is 15.4. The predicted molar refractivity (Wildman–Crippen MR) is 108 cm³/mol. The highest BCUT2D eigenvalue weighted by Gasteiger charge is 2.12. The second-order valence-electron chi connectivity index (χ2n) is 7.10. The molecule has 0 amide bonds. The van der Waals surface area contributed by atoms with Gasteiger partial charge in [0.05, 0.1) is 5.75 Å². The van der Waals surface area contributed by atoms with Crippen LogP contribution in [0.3, 0.4) is 0 Å². The van der Waals surface area contributed by atoms with Crippen molar-refractivity contribution in [1.82, 2.24) is 4.72 Å². The zero-order chi connectivity index (χ0) is 18.4. The van der Waals surface area contributed by atoms with Crippen LogP contribution in [0.4, 0.5) is 5.69 Å². The average Bonchev–Trinajstić information content (AvgIpc) is 3.16. The lowest BCUT2D eigenvalue weighted by molar-refractivity contribution is 0.578. The third-order valence-electron chi connectivity index (χ3n) is 4.85. The number of aryl methyl sites for hydroxylation is 2. The molecule has 0 spiro atoms. The van der Waals surface area contributed by atoms with Crippen LogP contribution < -0.4 is 9.62 Å². The number of sulfonamides is 1. The number of hydrogen-bond donors (Lipinski definition) is 1. The van der Waals surface area contributed by atoms with E-state index >= 15 is 0 Å². The quantitative estimate of drug-likeness (QED) is 0.720. The van der Waals surface area contributed by atoms with Crippen LogP contribution in [0, 0.1) is 6.92 Å². The molecular weight excluding hydrogens is 344 g/mol. The van der Waals surface area contributed by atoms with Crippen LogP contribution in [-0.4, -0.2) is 28.1 Å². The minimum absolute atomic E-state index is 0.0395. The summed E-state index contributed by atoms with van der Waals surface area (Å²) in [6, 6.07) is 16.3. The Hall–Kier alpha value is -1.85. The number of rotatable bonds is 8. The predicted octanol–water partition coefficient (Wildman–Crippen LogP) is 3.65. The summed E-state index contributed by atoms with van der Waals surface area (Å²) < 4.78 is 27.1. The summed E-state index contributed by atoms with van der Waals surface area (Å²) in [5.41, 5.74) is 4.51. The first-order valence-corrected chi connectivity index (χ1v) is 11.0. The van der Waals surface area contributed by atoms with E-state index in [2.05, 4.69) is 33.9 Å². The summed E-state index contributed by atoms with van der Waals surface area (Å²) >= 11 is 0. The second kappa shape index (κ2) is 8.69. The van der Waals surface area contributed by atoms with Crippen LogP contribution in [-0.2, 0) is 22.2 Å². The van der Waals surface area contributed by atoms with Gasteiger partial charge < -0.3 is 4.90 Å². The molecule has 0 bridgehead atoms. The maximum atomic E-state index is 12.2. The van der Waals surface area contributed by atoms with E-state index in [1.165, 1.54) is 24.1 Å². The Morgan fingerprint density at radius 3 is 2.19 bits per heavy atom. The van der Waals surface area contributed by atoms with E-state index in [-0.39, 0.29) is 5.75 Å². The molecule has 140 valence electrons. The fourth-order valence-electron chi connectivity index (χ4n) is 3.32. The molecule has 1 N–H and O–H groups in total. The van der Waals surface area contributed by atoms with Gasteiger partial charge in [-0.2, -0.15) is 0 Å². The minimum atomic E-state index is -3.28. The molecule has 1 fully saturated rings. The van der Waals surface area contributed by atoms with Crippen molar-refractivity contribution in [2.45, 2.75) is 38.4 Å². The zero-order valence-corrected chi connectivity index (χ0v) is 16.3. The highest BCUT2D eigenvalue weighted by molar-refractivity contribution is 7.88. The number of benzene rings is 2. The molecular formula is C21H28N2O2S. The first-order valence-electron chi connectivity index (χ1n) is 9.39. The van der Waals surface area contributed by atoms with Gasteiger partial charge in [0, 0.05) is 25.3 Å². The number of nitrogens with zero attached hydrogens (tertiary/aromatic N) is 1. The Labute approximate surface area is 157 Å². The molecule has 0 unspecified atom stereocenters. The average molecular weight is 373 g/mol. The Balaban J connectivity index is 1.42. The molecule has 2 aromatic carbocycles. The van der Waals surface area contributed by atoms with E-state index in [4.69, 9.17) is 0 Å². The Morgan fingerprint density at radius 1 is 0.923 bits per heavy atom. The largest absolute Gasteiger partial charge is 0.372 e. The topological polar surface area (TPSA) is 49.4 Å². The molecule has 26 heavy (non-hydrogen) atoms. The van der Waals surface area contributed by atoms with Crippen molar-refractivity contribution in [1.29, 1.82) is 0 Å². The minimum Gasteiger partial charge on any atom is -0.372 e. The van der Waals surface area contributed by atoms with E-state index < -0.39 is 10.0 Å². The molecule has 4 nitrogen and oxygen atoms in total. The molecule has 0 atom stereocenters. The van der Waals surface area contributed by atoms with E-state index in [1.54, 1.807) is 0 Å². The standard InChI is InChI=1S/C21H28N2O2S/c1-18-6-8-20(9-7-18)17-26(24,25)22-14-4-5-19-10-12-21(13-11-19)23-15-2-3-16-23/h6-13,22H,2-5,14-17H2,1H3. The van der Waals surface area contributed by atoms with Crippen LogP contribution in [0.25, 0.3) is 0 Å². The molecule has 1 saturated heterocycles. The monoisotopic (exact) mass is 372 g/mol. The van der Waals surface area contributed by atoms with Crippen molar-refractivity contribution >= 4 is 15.7 Å². The fraction of sp³-hybridized carbons (Fsp3) is 0.429. The van der Waals surface area contributed by atoms with Gasteiger partial charge in [0.15, 0.2) is 0 Å². The molecule has 0 aromatic heterocycles. The number of anilines is 1. The molecule has 0 aliphatic carbocycles. The van der Waals surface area contributed by atoms with Crippen LogP contribution >= 0.6 is 0 Å². The smallest absolute Gasteiger partial charge is 0.215 e. The van der Waals surface area contributed by atoms with Crippen molar-refractivity contribution in [3.63, 3.8) is 0 Å². The maximum Gasteiger partial charge on any atom is 0.215 e. The fourth-order valence-corrected chi connectivity index (χ4v) is 4.51. The van der Waals surface area contributed by atoms with Crippen molar-refractivity contribution in [3.8, 4) is 0 Å². The molecule has 0 saturated carbocycles. The molecule has 1 aliphatic rings. The summed E-state index contributed by atoms with van der Waals surface area (Å²) in [6.45, 7) is 4.78. The van der Waals surface area contributed by atoms with Crippen LogP contribution in [0.5, 0.6) is 0 Å². The number of nitrogens with one attached hydrogen (secondary N) is 1. The SMILES string of the molecule is Cc1ccc(CS(=O)(=O)NCCCc2ccc(N3CCCC3)cc2)cc1. The van der Waals surface area contributed by atoms with Crippen LogP contribution in [0.1, 0.15) is 36.0 Å². The van der Waals surface area contributed by atoms with Crippen molar-refractivity contribution < 1.29 is 8.42 Å². The van der Waals surface area contributed by atoms with Gasteiger partial charge >= 0.3 is 0 Å². The molecule has 1 heterocycles. The Kier molecular flexibility index (Phi) is 6.33. The molecule has 1 aliphatic heterocycles. The number of hydrogen-bond acceptors (Lipinski definition) is 3. The van der Waals surface area contributed by atoms with Gasteiger partial charge in [-0.3, -0.25) is 0 Å². The molecule has 3 rings (SSSR count). The van der Waals surface area contributed by atoms with E-state index in [1.807, 2.05) is 31.2 Å². The van der Waals surface area contributed by atoms with Crippen LogP contribution in [0.15, 0.2) is 48.5 Å². The highest BCUT2D eigenvalue weighted by Crippen LogP contribution is 2.20. The van der Waals surface area contributed by atoms with Gasteiger partial charge in [-0.05, 0) is 55.9 Å². The lowest BCUT2D eigenvalue weighted by atomic mass is 10.1. The summed E-state index contributed by atoms with van der Waals surface area (Å²) in [4.78, 5) is 2.42. The maximum absolute atomic E-state index is 12.2. The van der Waals surface area contributed by atoms with Crippen LogP contribution in [0.2, 0.25) is 0 Å². The third-order valence-corrected chi connectivity index (χ3v) is 6.21. The van der Waals surface area contributed by atoms with Gasteiger partial charge in [-0.15, -0.1) is 0 Å². The van der Waals surface area contributed by atoms with Gasteiger partial charge in [0.2, 0.25) is 10.0 Å². The first kappa shape index (κ1) is 18.9. The van der Waals surface area contributed by atoms with E-state index in [0.29, 0.717) is 6.54 Å². The highest BCUT2D eigenvalue weighted by atomic mass is 32.2. The van der Waals surface area contributed by atoms with Gasteiger partial charge in [0.25, 0.3) is 0 Å². The third kappa shape index (κ3) is 5.58. The summed E-state index contributed by atoms with van der Waals surface area (Å²) in [5, 5.41) is 0. The summed E-state index contributed by atoms with van der Waals surface area (Å²) in [7, 11) is -3.28. The lowest BCUT2D eigenvalue weighted by Gasteiger charge is -2.17. The molecule has 0 radical (unpaired) electrons. The summed E-state index contributed by atoms with van der Waals surface area (Å²) in [6.07, 6.45) is 4.25. The van der Waals surface area contributed by atoms with Crippen molar-refractivity contribution in [3.05, 3.63) is 65.2 Å². The lowest BCUT2D eigenvalue weighted by Crippen LogP contribution is -2.26. The second-order valence-corrected chi connectivity index (χ2v) is 8.91. The van der Waals surface area contributed by atoms with Gasteiger partial charge in [-0.25, -0.2) is 13.1 Å². The Bertz CT molecular complexity index is 793. The summed E-state index contributed by atoms with van der Waals surface area (Å²) in [5.74, 6) is 0.0395. The van der Waals surface area contributed by atoms with Crippen molar-refractivity contribution in [2.75, 3.05) is 24.5 Å². The Morgan fingerprint density at radius 2 is 1.54 bits per heavy atom. The van der Waals surface area contributed by atoms with Crippen molar-refractivity contribution in [2.24, 2.45) is 0 Å². The van der Waals surface area contributed by atoms with E-state index in [9.17, 15) is 8.42 Å². The van der Waals surface area contributed by atoms with Gasteiger partial charge in [0.1, 0.15) is 0 Å². The normalized spacial score (nSPS) is 14.7. The van der Waals surface area contributed by atoms with E-state index in [0.717, 1.165) is 37.1 Å².